The quantitative estimate of drug-likeness (QED) is 0.854. The standard InChI is InChI=1S/C13H17N5O2S/c14-12-10-8-9(4-5-11(10)16-13(15)17-12)21(19,20)18-6-2-1-3-7-18/h4-5,8H,1-3,6-7H2,(H4,14,15,16,17). The highest BCUT2D eigenvalue weighted by atomic mass is 32.2. The summed E-state index contributed by atoms with van der Waals surface area (Å²) in [6.45, 7) is 1.13. The van der Waals surface area contributed by atoms with Gasteiger partial charge in [-0.2, -0.15) is 9.29 Å². The summed E-state index contributed by atoms with van der Waals surface area (Å²) in [7, 11) is -3.49. The van der Waals surface area contributed by atoms with Crippen molar-refractivity contribution in [3.8, 4) is 0 Å². The minimum Gasteiger partial charge on any atom is -0.383 e. The molecule has 112 valence electrons. The molecule has 1 saturated heterocycles. The third-order valence-electron chi connectivity index (χ3n) is 3.67. The second-order valence-corrected chi connectivity index (χ2v) is 7.05. The number of nitrogens with zero attached hydrogens (tertiary/aromatic N) is 3. The highest BCUT2D eigenvalue weighted by molar-refractivity contribution is 7.89. The second-order valence-electron chi connectivity index (χ2n) is 5.11. The molecule has 0 spiro atoms. The van der Waals surface area contributed by atoms with Gasteiger partial charge < -0.3 is 11.5 Å². The van der Waals surface area contributed by atoms with Crippen molar-refractivity contribution < 1.29 is 8.42 Å². The molecule has 1 aromatic carbocycles. The first kappa shape index (κ1) is 14.0. The molecule has 21 heavy (non-hydrogen) atoms. The summed E-state index contributed by atoms with van der Waals surface area (Å²) in [6, 6.07) is 4.67. The lowest BCUT2D eigenvalue weighted by molar-refractivity contribution is 0.346. The number of aromatic nitrogens is 2. The molecule has 0 atom stereocenters. The Labute approximate surface area is 123 Å². The Kier molecular flexibility index (Phi) is 3.42. The van der Waals surface area contributed by atoms with E-state index in [-0.39, 0.29) is 16.7 Å². The number of piperidine rings is 1. The molecule has 0 radical (unpaired) electrons. The van der Waals surface area contributed by atoms with E-state index in [1.54, 1.807) is 6.07 Å². The van der Waals surface area contributed by atoms with Crippen LogP contribution in [0.1, 0.15) is 19.3 Å². The zero-order valence-electron chi connectivity index (χ0n) is 11.5. The van der Waals surface area contributed by atoms with Crippen LogP contribution < -0.4 is 11.5 Å². The van der Waals surface area contributed by atoms with Gasteiger partial charge in [0.2, 0.25) is 16.0 Å². The third kappa shape index (κ3) is 2.52. The first-order valence-corrected chi connectivity index (χ1v) is 8.25. The molecule has 3 rings (SSSR count). The van der Waals surface area contributed by atoms with Crippen molar-refractivity contribution in [3.05, 3.63) is 18.2 Å². The largest absolute Gasteiger partial charge is 0.383 e. The van der Waals surface area contributed by atoms with E-state index in [0.29, 0.717) is 24.0 Å². The number of nitrogen functional groups attached to an aromatic ring is 2. The number of hydrogen-bond donors (Lipinski definition) is 2. The number of rotatable bonds is 2. The van der Waals surface area contributed by atoms with Crippen molar-refractivity contribution in [1.29, 1.82) is 0 Å². The van der Waals surface area contributed by atoms with Crippen LogP contribution >= 0.6 is 0 Å². The minimum absolute atomic E-state index is 0.0756. The summed E-state index contributed by atoms with van der Waals surface area (Å²) >= 11 is 0. The van der Waals surface area contributed by atoms with Gasteiger partial charge >= 0.3 is 0 Å². The van der Waals surface area contributed by atoms with E-state index in [1.165, 1.54) is 16.4 Å². The molecule has 2 aromatic rings. The fraction of sp³-hybridized carbons (Fsp3) is 0.385. The van der Waals surface area contributed by atoms with Gasteiger partial charge in [0.15, 0.2) is 0 Å². The highest BCUT2D eigenvalue weighted by Crippen LogP contribution is 2.26. The minimum atomic E-state index is -3.49. The number of nitrogens with two attached hydrogens (primary N) is 2. The van der Waals surface area contributed by atoms with Crippen LogP contribution in [-0.4, -0.2) is 35.8 Å². The zero-order chi connectivity index (χ0) is 15.0. The molecule has 0 aliphatic carbocycles. The van der Waals surface area contributed by atoms with Crippen LogP contribution in [0, 0.1) is 0 Å². The molecule has 1 aromatic heterocycles. The summed E-state index contributed by atoms with van der Waals surface area (Å²) in [4.78, 5) is 8.14. The third-order valence-corrected chi connectivity index (χ3v) is 5.56. The Hall–Kier alpha value is -1.93. The van der Waals surface area contributed by atoms with E-state index >= 15 is 0 Å². The van der Waals surface area contributed by atoms with Crippen molar-refractivity contribution in [2.45, 2.75) is 24.2 Å². The molecule has 1 aliphatic heterocycles. The van der Waals surface area contributed by atoms with Crippen LogP contribution in [-0.2, 0) is 10.0 Å². The SMILES string of the molecule is Nc1nc(N)c2cc(S(=O)(=O)N3CCCCC3)ccc2n1. The monoisotopic (exact) mass is 307 g/mol. The Bertz CT molecular complexity index is 784. The van der Waals surface area contributed by atoms with E-state index in [4.69, 9.17) is 11.5 Å². The van der Waals surface area contributed by atoms with Crippen LogP contribution in [0.15, 0.2) is 23.1 Å². The lowest BCUT2D eigenvalue weighted by Crippen LogP contribution is -2.35. The Balaban J connectivity index is 2.08. The summed E-state index contributed by atoms with van der Waals surface area (Å²) in [6.07, 6.45) is 2.87. The summed E-state index contributed by atoms with van der Waals surface area (Å²) in [5.41, 5.74) is 11.9. The number of sulfonamides is 1. The number of fused-ring (bicyclic) bond motifs is 1. The summed E-state index contributed by atoms with van der Waals surface area (Å²) in [5, 5.41) is 0.502. The van der Waals surface area contributed by atoms with Crippen molar-refractivity contribution in [2.75, 3.05) is 24.6 Å². The van der Waals surface area contributed by atoms with E-state index in [0.717, 1.165) is 19.3 Å². The van der Waals surface area contributed by atoms with Crippen LogP contribution in [0.5, 0.6) is 0 Å². The fourth-order valence-corrected chi connectivity index (χ4v) is 4.11. The highest BCUT2D eigenvalue weighted by Gasteiger charge is 2.26. The first-order valence-electron chi connectivity index (χ1n) is 6.81. The van der Waals surface area contributed by atoms with Gasteiger partial charge in [0.1, 0.15) is 5.82 Å². The molecule has 1 fully saturated rings. The summed E-state index contributed by atoms with van der Waals surface area (Å²) in [5.74, 6) is 0.264. The molecule has 0 unspecified atom stereocenters. The maximum absolute atomic E-state index is 12.6. The van der Waals surface area contributed by atoms with Gasteiger partial charge in [-0.25, -0.2) is 13.4 Å². The molecule has 4 N–H and O–H groups in total. The van der Waals surface area contributed by atoms with Crippen molar-refractivity contribution in [2.24, 2.45) is 0 Å². The number of benzene rings is 1. The van der Waals surface area contributed by atoms with Gasteiger partial charge in [-0.1, -0.05) is 6.42 Å². The van der Waals surface area contributed by atoms with Crippen molar-refractivity contribution in [3.63, 3.8) is 0 Å². The Morgan fingerprint density at radius 1 is 1.05 bits per heavy atom. The smallest absolute Gasteiger partial charge is 0.243 e. The van der Waals surface area contributed by atoms with Gasteiger partial charge in [0, 0.05) is 18.5 Å². The van der Waals surface area contributed by atoms with E-state index in [2.05, 4.69) is 9.97 Å². The molecule has 2 heterocycles. The summed E-state index contributed by atoms with van der Waals surface area (Å²) < 4.78 is 26.8. The topological polar surface area (TPSA) is 115 Å². The fourth-order valence-electron chi connectivity index (χ4n) is 2.56. The van der Waals surface area contributed by atoms with Crippen molar-refractivity contribution in [1.82, 2.24) is 14.3 Å². The second kappa shape index (κ2) is 5.12. The Morgan fingerprint density at radius 2 is 1.76 bits per heavy atom. The molecule has 8 heteroatoms. The van der Waals surface area contributed by atoms with Crippen LogP contribution in [0.25, 0.3) is 10.9 Å². The van der Waals surface area contributed by atoms with Crippen LogP contribution in [0.4, 0.5) is 11.8 Å². The maximum atomic E-state index is 12.6. The average molecular weight is 307 g/mol. The van der Waals surface area contributed by atoms with Gasteiger partial charge in [0.05, 0.1) is 10.4 Å². The van der Waals surface area contributed by atoms with E-state index in [9.17, 15) is 8.42 Å². The van der Waals surface area contributed by atoms with E-state index in [1.807, 2.05) is 0 Å². The zero-order valence-corrected chi connectivity index (χ0v) is 12.3. The van der Waals surface area contributed by atoms with E-state index < -0.39 is 10.0 Å². The normalized spacial score (nSPS) is 17.1. The number of anilines is 2. The molecule has 0 bridgehead atoms. The molecular formula is C13H17N5O2S. The predicted octanol–water partition coefficient (Wildman–Crippen LogP) is 0.969. The van der Waals surface area contributed by atoms with Crippen LogP contribution in [0.3, 0.4) is 0 Å². The average Bonchev–Trinajstić information content (AvgIpc) is 2.47. The van der Waals surface area contributed by atoms with Gasteiger partial charge in [-0.05, 0) is 31.0 Å². The molecule has 0 amide bonds. The van der Waals surface area contributed by atoms with Crippen molar-refractivity contribution >= 4 is 32.7 Å². The Morgan fingerprint density at radius 3 is 2.48 bits per heavy atom. The van der Waals surface area contributed by atoms with Crippen LogP contribution in [0.2, 0.25) is 0 Å². The van der Waals surface area contributed by atoms with Gasteiger partial charge in [-0.15, -0.1) is 0 Å². The lowest BCUT2D eigenvalue weighted by Gasteiger charge is -2.25. The molecule has 7 nitrogen and oxygen atoms in total. The first-order chi connectivity index (χ1) is 9.98. The lowest BCUT2D eigenvalue weighted by atomic mass is 10.2. The van der Waals surface area contributed by atoms with Gasteiger partial charge in [-0.3, -0.25) is 0 Å². The van der Waals surface area contributed by atoms with Gasteiger partial charge in [0.25, 0.3) is 0 Å². The number of hydrogen-bond acceptors (Lipinski definition) is 6. The maximum Gasteiger partial charge on any atom is 0.243 e. The molecular weight excluding hydrogens is 290 g/mol. The molecule has 0 saturated carbocycles. The predicted molar refractivity (Wildman–Crippen MR) is 81.0 cm³/mol. The molecule has 1 aliphatic rings.